The first-order valence-corrected chi connectivity index (χ1v) is 6.72. The lowest BCUT2D eigenvalue weighted by Gasteiger charge is -2.07. The highest BCUT2D eigenvalue weighted by molar-refractivity contribution is 9.10. The molecule has 0 radical (unpaired) electrons. The number of carbonyl (C=O) groups excluding carboxylic acids is 1. The molecule has 0 saturated heterocycles. The van der Waals surface area contributed by atoms with E-state index in [0.717, 1.165) is 6.26 Å². The number of rotatable bonds is 2. The van der Waals surface area contributed by atoms with Crippen molar-refractivity contribution in [3.63, 3.8) is 0 Å². The molecule has 1 rings (SSSR count). The molecule has 15 heavy (non-hydrogen) atoms. The van der Waals surface area contributed by atoms with Crippen LogP contribution in [-0.2, 0) is 9.84 Å². The highest BCUT2D eigenvalue weighted by Crippen LogP contribution is 2.25. The monoisotopic (exact) mass is 291 g/mol. The molecule has 0 spiro atoms. The fourth-order valence-electron chi connectivity index (χ4n) is 1.20. The Morgan fingerprint density at radius 1 is 1.40 bits per heavy atom. The van der Waals surface area contributed by atoms with Crippen molar-refractivity contribution in [3.05, 3.63) is 27.7 Å². The number of aryl methyl sites for hydroxylation is 1. The second-order valence-corrected chi connectivity index (χ2v) is 6.07. The predicted octanol–water partition coefficient (Wildman–Crippen LogP) is 1.26. The zero-order valence-corrected chi connectivity index (χ0v) is 10.6. The van der Waals surface area contributed by atoms with E-state index in [9.17, 15) is 13.2 Å². The smallest absolute Gasteiger partial charge is 0.249 e. The molecule has 82 valence electrons. The zero-order chi connectivity index (χ0) is 11.8. The minimum absolute atomic E-state index is 0.0712. The number of hydrogen-bond acceptors (Lipinski definition) is 3. The molecule has 1 amide bonds. The standard InChI is InChI=1S/C9H10BrNO3S/c1-5-3-7(10)8(15(2,13)14)4-6(5)9(11)12/h3-4H,1-2H3,(H2,11,12). The summed E-state index contributed by atoms with van der Waals surface area (Å²) in [6.07, 6.45) is 1.08. The number of benzene rings is 1. The minimum atomic E-state index is -3.36. The molecule has 0 saturated carbocycles. The quantitative estimate of drug-likeness (QED) is 0.891. The predicted molar refractivity (Wildman–Crippen MR) is 60.5 cm³/mol. The molecule has 1 aromatic carbocycles. The molecule has 6 heteroatoms. The van der Waals surface area contributed by atoms with Gasteiger partial charge in [0.05, 0.1) is 4.90 Å². The molecular formula is C9H10BrNO3S. The van der Waals surface area contributed by atoms with Crippen LogP contribution in [0, 0.1) is 6.92 Å². The van der Waals surface area contributed by atoms with Crippen molar-refractivity contribution >= 4 is 31.7 Å². The van der Waals surface area contributed by atoms with Crippen LogP contribution in [-0.4, -0.2) is 20.6 Å². The second kappa shape index (κ2) is 3.94. The molecule has 0 aromatic heterocycles. The minimum Gasteiger partial charge on any atom is -0.366 e. The number of hydrogen-bond donors (Lipinski definition) is 1. The molecule has 0 aliphatic carbocycles. The number of sulfone groups is 1. The zero-order valence-electron chi connectivity index (χ0n) is 8.24. The van der Waals surface area contributed by atoms with E-state index in [1.165, 1.54) is 6.07 Å². The summed E-state index contributed by atoms with van der Waals surface area (Å²) < 4.78 is 23.2. The molecule has 0 aliphatic heterocycles. The molecule has 0 heterocycles. The lowest BCUT2D eigenvalue weighted by atomic mass is 10.1. The lowest BCUT2D eigenvalue weighted by molar-refractivity contribution is 0.0999. The Morgan fingerprint density at radius 2 is 1.93 bits per heavy atom. The topological polar surface area (TPSA) is 77.2 Å². The van der Waals surface area contributed by atoms with Gasteiger partial charge < -0.3 is 5.73 Å². The van der Waals surface area contributed by atoms with Crippen LogP contribution >= 0.6 is 15.9 Å². The van der Waals surface area contributed by atoms with Crippen molar-refractivity contribution in [3.8, 4) is 0 Å². The molecule has 4 nitrogen and oxygen atoms in total. The average Bonchev–Trinajstić information content (AvgIpc) is 2.00. The Kier molecular flexibility index (Phi) is 3.20. The van der Waals surface area contributed by atoms with E-state index in [-0.39, 0.29) is 10.5 Å². The molecule has 1 aromatic rings. The van der Waals surface area contributed by atoms with E-state index in [4.69, 9.17) is 5.73 Å². The van der Waals surface area contributed by atoms with Crippen molar-refractivity contribution in [2.45, 2.75) is 11.8 Å². The Bertz CT molecular complexity index is 522. The number of carbonyl (C=O) groups is 1. The van der Waals surface area contributed by atoms with E-state index in [2.05, 4.69) is 15.9 Å². The molecule has 0 bridgehead atoms. The van der Waals surface area contributed by atoms with Crippen molar-refractivity contribution in [1.29, 1.82) is 0 Å². The highest BCUT2D eigenvalue weighted by Gasteiger charge is 2.16. The number of nitrogens with two attached hydrogens (primary N) is 1. The van der Waals surface area contributed by atoms with Gasteiger partial charge in [-0.2, -0.15) is 0 Å². The first kappa shape index (κ1) is 12.2. The van der Waals surface area contributed by atoms with Crippen LogP contribution in [0.2, 0.25) is 0 Å². The first-order chi connectivity index (χ1) is 6.73. The molecule has 0 aliphatic rings. The molecular weight excluding hydrogens is 282 g/mol. The van der Waals surface area contributed by atoms with Gasteiger partial charge in [-0.25, -0.2) is 8.42 Å². The fraction of sp³-hybridized carbons (Fsp3) is 0.222. The van der Waals surface area contributed by atoms with E-state index >= 15 is 0 Å². The molecule has 2 N–H and O–H groups in total. The van der Waals surface area contributed by atoms with Gasteiger partial charge in [0.15, 0.2) is 9.84 Å². The summed E-state index contributed by atoms with van der Waals surface area (Å²) in [4.78, 5) is 11.1. The van der Waals surface area contributed by atoms with Gasteiger partial charge in [-0.3, -0.25) is 4.79 Å². The summed E-state index contributed by atoms with van der Waals surface area (Å²) in [5, 5.41) is 0. The van der Waals surface area contributed by atoms with Gasteiger partial charge in [-0.15, -0.1) is 0 Å². The average molecular weight is 292 g/mol. The van der Waals surface area contributed by atoms with Crippen LogP contribution in [0.15, 0.2) is 21.5 Å². The molecule has 0 unspecified atom stereocenters. The van der Waals surface area contributed by atoms with Gasteiger partial charge in [0, 0.05) is 16.3 Å². The molecule has 0 fully saturated rings. The highest BCUT2D eigenvalue weighted by atomic mass is 79.9. The Balaban J connectivity index is 3.58. The van der Waals surface area contributed by atoms with Crippen molar-refractivity contribution in [1.82, 2.24) is 0 Å². The maximum Gasteiger partial charge on any atom is 0.249 e. The van der Waals surface area contributed by atoms with Crippen molar-refractivity contribution in [2.75, 3.05) is 6.26 Å². The lowest BCUT2D eigenvalue weighted by Crippen LogP contribution is -2.14. The summed E-state index contributed by atoms with van der Waals surface area (Å²) >= 11 is 3.13. The van der Waals surface area contributed by atoms with Crippen LogP contribution in [0.25, 0.3) is 0 Å². The number of amides is 1. The summed E-state index contributed by atoms with van der Waals surface area (Å²) in [5.41, 5.74) is 5.99. The van der Waals surface area contributed by atoms with Gasteiger partial charge in [-0.05, 0) is 40.5 Å². The van der Waals surface area contributed by atoms with Crippen LogP contribution in [0.4, 0.5) is 0 Å². The Hall–Kier alpha value is -0.880. The summed E-state index contributed by atoms with van der Waals surface area (Å²) in [6, 6.07) is 2.85. The third-order valence-corrected chi connectivity index (χ3v) is 4.00. The van der Waals surface area contributed by atoms with Crippen LogP contribution in [0.3, 0.4) is 0 Å². The maximum atomic E-state index is 11.4. The Labute approximate surface area is 96.5 Å². The van der Waals surface area contributed by atoms with E-state index in [1.54, 1.807) is 13.0 Å². The van der Waals surface area contributed by atoms with Gasteiger partial charge >= 0.3 is 0 Å². The SMILES string of the molecule is Cc1cc(Br)c(S(C)(=O)=O)cc1C(N)=O. The van der Waals surface area contributed by atoms with Gasteiger partial charge in [-0.1, -0.05) is 0 Å². The van der Waals surface area contributed by atoms with Crippen molar-refractivity contribution < 1.29 is 13.2 Å². The Morgan fingerprint density at radius 3 is 2.33 bits per heavy atom. The van der Waals surface area contributed by atoms with Gasteiger partial charge in [0.2, 0.25) is 5.91 Å². The number of primary amides is 1. The van der Waals surface area contributed by atoms with E-state index in [1.807, 2.05) is 0 Å². The first-order valence-electron chi connectivity index (χ1n) is 4.03. The van der Waals surface area contributed by atoms with Crippen molar-refractivity contribution in [2.24, 2.45) is 5.73 Å². The van der Waals surface area contributed by atoms with Crippen LogP contribution in [0.5, 0.6) is 0 Å². The van der Waals surface area contributed by atoms with E-state index in [0.29, 0.717) is 10.0 Å². The summed E-state index contributed by atoms with van der Waals surface area (Å²) in [5.74, 6) is -0.634. The maximum absolute atomic E-state index is 11.4. The van der Waals surface area contributed by atoms with Gasteiger partial charge in [0.25, 0.3) is 0 Å². The normalized spacial score (nSPS) is 11.4. The van der Waals surface area contributed by atoms with Crippen LogP contribution < -0.4 is 5.73 Å². The number of halogens is 1. The third kappa shape index (κ3) is 2.57. The molecule has 0 atom stereocenters. The summed E-state index contributed by atoms with van der Waals surface area (Å²) in [7, 11) is -3.36. The largest absolute Gasteiger partial charge is 0.366 e. The summed E-state index contributed by atoms with van der Waals surface area (Å²) in [6.45, 7) is 1.69. The van der Waals surface area contributed by atoms with Crippen LogP contribution in [0.1, 0.15) is 15.9 Å². The third-order valence-electron chi connectivity index (χ3n) is 1.94. The fourth-order valence-corrected chi connectivity index (χ4v) is 3.29. The van der Waals surface area contributed by atoms with Gasteiger partial charge in [0.1, 0.15) is 0 Å². The van der Waals surface area contributed by atoms with E-state index < -0.39 is 15.7 Å². The second-order valence-electron chi connectivity index (χ2n) is 3.23.